The number of carbonyl (C=O) groups excluding carboxylic acids is 1. The van der Waals surface area contributed by atoms with Crippen LogP contribution in [0.3, 0.4) is 0 Å². The van der Waals surface area contributed by atoms with Crippen molar-refractivity contribution in [3.63, 3.8) is 0 Å². The average molecular weight is 275 g/mol. The molecule has 3 rings (SSSR count). The number of methoxy groups -OCH3 is 1. The van der Waals surface area contributed by atoms with Crippen molar-refractivity contribution in [1.29, 1.82) is 0 Å². The van der Waals surface area contributed by atoms with E-state index in [1.54, 1.807) is 18.1 Å². The molecule has 1 saturated heterocycles. The smallest absolute Gasteiger partial charge is 0.289 e. The van der Waals surface area contributed by atoms with Crippen molar-refractivity contribution >= 4 is 16.9 Å². The van der Waals surface area contributed by atoms with E-state index in [9.17, 15) is 9.90 Å². The minimum atomic E-state index is -0.427. The van der Waals surface area contributed by atoms with Crippen LogP contribution in [0.2, 0.25) is 0 Å². The van der Waals surface area contributed by atoms with Gasteiger partial charge in [0.15, 0.2) is 5.76 Å². The molecule has 1 atom stereocenters. The van der Waals surface area contributed by atoms with E-state index in [0.717, 1.165) is 10.9 Å². The Morgan fingerprint density at radius 2 is 2.30 bits per heavy atom. The number of aliphatic hydroxyl groups is 1. The third kappa shape index (κ3) is 2.04. The van der Waals surface area contributed by atoms with Crippen molar-refractivity contribution < 1.29 is 19.1 Å². The Morgan fingerprint density at radius 3 is 2.95 bits per heavy atom. The molecule has 1 aliphatic rings. The number of benzene rings is 1. The molecule has 106 valence electrons. The van der Waals surface area contributed by atoms with Gasteiger partial charge in [0, 0.05) is 30.1 Å². The van der Waals surface area contributed by atoms with Crippen LogP contribution in [0.15, 0.2) is 22.6 Å². The lowest BCUT2D eigenvalue weighted by Gasteiger charge is -2.13. The highest BCUT2D eigenvalue weighted by molar-refractivity contribution is 5.99. The quantitative estimate of drug-likeness (QED) is 0.910. The average Bonchev–Trinajstić information content (AvgIpc) is 3.02. The van der Waals surface area contributed by atoms with Crippen LogP contribution in [0.25, 0.3) is 11.0 Å². The fourth-order valence-electron chi connectivity index (χ4n) is 2.61. The maximum Gasteiger partial charge on any atom is 0.289 e. The minimum Gasteiger partial charge on any atom is -0.497 e. The third-order valence-electron chi connectivity index (χ3n) is 3.79. The Labute approximate surface area is 116 Å². The number of fused-ring (bicyclic) bond motifs is 1. The van der Waals surface area contributed by atoms with E-state index in [1.807, 2.05) is 19.1 Å². The van der Waals surface area contributed by atoms with Crippen LogP contribution in [-0.4, -0.2) is 42.2 Å². The van der Waals surface area contributed by atoms with Crippen LogP contribution in [-0.2, 0) is 0 Å². The van der Waals surface area contributed by atoms with Gasteiger partial charge in [0.05, 0.1) is 13.2 Å². The Hall–Kier alpha value is -2.01. The summed E-state index contributed by atoms with van der Waals surface area (Å²) in [5.41, 5.74) is 1.47. The zero-order valence-electron chi connectivity index (χ0n) is 11.5. The van der Waals surface area contributed by atoms with Crippen LogP contribution >= 0.6 is 0 Å². The van der Waals surface area contributed by atoms with Gasteiger partial charge >= 0.3 is 0 Å². The van der Waals surface area contributed by atoms with E-state index in [-0.39, 0.29) is 5.91 Å². The molecule has 1 aromatic heterocycles. The summed E-state index contributed by atoms with van der Waals surface area (Å²) in [6, 6.07) is 5.51. The molecule has 1 amide bonds. The Kier molecular flexibility index (Phi) is 3.14. The molecule has 1 aromatic carbocycles. The number of amides is 1. The fraction of sp³-hybridized carbons (Fsp3) is 0.400. The van der Waals surface area contributed by atoms with Crippen LogP contribution in [0.1, 0.15) is 22.5 Å². The molecule has 0 saturated carbocycles. The second kappa shape index (κ2) is 4.83. The maximum atomic E-state index is 12.4. The summed E-state index contributed by atoms with van der Waals surface area (Å²) in [7, 11) is 1.59. The topological polar surface area (TPSA) is 62.9 Å². The van der Waals surface area contributed by atoms with E-state index in [2.05, 4.69) is 0 Å². The number of aliphatic hydroxyl groups excluding tert-OH is 1. The molecule has 0 radical (unpaired) electrons. The first-order valence-corrected chi connectivity index (χ1v) is 6.64. The molecular weight excluding hydrogens is 258 g/mol. The first-order chi connectivity index (χ1) is 9.60. The predicted molar refractivity (Wildman–Crippen MR) is 74.0 cm³/mol. The van der Waals surface area contributed by atoms with Crippen molar-refractivity contribution in [3.05, 3.63) is 29.5 Å². The van der Waals surface area contributed by atoms with Crippen molar-refractivity contribution in [2.45, 2.75) is 19.4 Å². The summed E-state index contributed by atoms with van der Waals surface area (Å²) in [5, 5.41) is 10.4. The Balaban J connectivity index is 1.99. The van der Waals surface area contributed by atoms with Crippen LogP contribution in [0, 0.1) is 6.92 Å². The largest absolute Gasteiger partial charge is 0.497 e. The number of β-amino-alcohol motifs (C(OH)–C–C–N with tert-alkyl or cyclic N) is 1. The van der Waals surface area contributed by atoms with Gasteiger partial charge in [0.2, 0.25) is 0 Å². The second-order valence-corrected chi connectivity index (χ2v) is 5.11. The first-order valence-electron chi connectivity index (χ1n) is 6.64. The van der Waals surface area contributed by atoms with Gasteiger partial charge in [0.1, 0.15) is 11.3 Å². The van der Waals surface area contributed by atoms with E-state index >= 15 is 0 Å². The summed E-state index contributed by atoms with van der Waals surface area (Å²) in [6.45, 7) is 2.82. The summed E-state index contributed by atoms with van der Waals surface area (Å²) >= 11 is 0. The molecule has 5 nitrogen and oxygen atoms in total. The number of carbonyl (C=O) groups is 1. The van der Waals surface area contributed by atoms with Crippen molar-refractivity contribution in [1.82, 2.24) is 4.90 Å². The third-order valence-corrected chi connectivity index (χ3v) is 3.79. The number of furan rings is 1. The van der Waals surface area contributed by atoms with Gasteiger partial charge in [-0.15, -0.1) is 0 Å². The standard InChI is InChI=1S/C15H17NO4/c1-9-12-4-3-11(19-2)7-13(12)20-14(9)15(18)16-6-5-10(17)8-16/h3-4,7,10,17H,5-6,8H2,1-2H3/t10-/m1/s1. The lowest BCUT2D eigenvalue weighted by atomic mass is 10.1. The van der Waals surface area contributed by atoms with Crippen LogP contribution < -0.4 is 4.74 Å². The van der Waals surface area contributed by atoms with E-state index in [0.29, 0.717) is 36.6 Å². The highest BCUT2D eigenvalue weighted by Crippen LogP contribution is 2.29. The molecule has 0 unspecified atom stereocenters. The number of nitrogens with zero attached hydrogens (tertiary/aromatic N) is 1. The molecule has 1 N–H and O–H groups in total. The monoisotopic (exact) mass is 275 g/mol. The Morgan fingerprint density at radius 1 is 1.50 bits per heavy atom. The first kappa shape index (κ1) is 13.0. The van der Waals surface area contributed by atoms with Crippen LogP contribution in [0.4, 0.5) is 0 Å². The van der Waals surface area contributed by atoms with E-state index in [4.69, 9.17) is 9.15 Å². The summed E-state index contributed by atoms with van der Waals surface area (Å²) in [4.78, 5) is 14.1. The van der Waals surface area contributed by atoms with E-state index < -0.39 is 6.10 Å². The number of likely N-dealkylation sites (tertiary alicyclic amines) is 1. The number of hydrogen-bond acceptors (Lipinski definition) is 4. The van der Waals surface area contributed by atoms with Crippen molar-refractivity contribution in [2.24, 2.45) is 0 Å². The van der Waals surface area contributed by atoms with Crippen molar-refractivity contribution in [2.75, 3.05) is 20.2 Å². The molecule has 0 spiro atoms. The molecule has 0 aliphatic carbocycles. The molecule has 0 bridgehead atoms. The minimum absolute atomic E-state index is 0.158. The Bertz CT molecular complexity index is 661. The molecular formula is C15H17NO4. The molecule has 1 fully saturated rings. The highest BCUT2D eigenvalue weighted by Gasteiger charge is 2.29. The van der Waals surface area contributed by atoms with Gasteiger partial charge in [-0.1, -0.05) is 0 Å². The number of rotatable bonds is 2. The van der Waals surface area contributed by atoms with Gasteiger partial charge in [-0.3, -0.25) is 4.79 Å². The van der Waals surface area contributed by atoms with Gasteiger partial charge in [-0.25, -0.2) is 0 Å². The molecule has 2 aromatic rings. The van der Waals surface area contributed by atoms with Crippen LogP contribution in [0.5, 0.6) is 5.75 Å². The summed E-state index contributed by atoms with van der Waals surface area (Å²) in [5.74, 6) is 0.887. The number of ether oxygens (including phenoxy) is 1. The SMILES string of the molecule is COc1ccc2c(C)c(C(=O)N3CC[C@@H](O)C3)oc2c1. The molecule has 5 heteroatoms. The number of hydrogen-bond donors (Lipinski definition) is 1. The molecule has 20 heavy (non-hydrogen) atoms. The normalized spacial score (nSPS) is 18.8. The van der Waals surface area contributed by atoms with Gasteiger partial charge in [0.25, 0.3) is 5.91 Å². The number of aryl methyl sites for hydroxylation is 1. The fourth-order valence-corrected chi connectivity index (χ4v) is 2.61. The van der Waals surface area contributed by atoms with Crippen molar-refractivity contribution in [3.8, 4) is 5.75 Å². The molecule has 1 aliphatic heterocycles. The highest BCUT2D eigenvalue weighted by atomic mass is 16.5. The lowest BCUT2D eigenvalue weighted by molar-refractivity contribution is 0.0735. The van der Waals surface area contributed by atoms with E-state index in [1.165, 1.54) is 0 Å². The zero-order valence-corrected chi connectivity index (χ0v) is 11.5. The van der Waals surface area contributed by atoms with Gasteiger partial charge in [-0.05, 0) is 25.5 Å². The summed E-state index contributed by atoms with van der Waals surface area (Å²) < 4.78 is 10.9. The summed E-state index contributed by atoms with van der Waals surface area (Å²) in [6.07, 6.45) is 0.197. The van der Waals surface area contributed by atoms with Gasteiger partial charge in [-0.2, -0.15) is 0 Å². The zero-order chi connectivity index (χ0) is 14.3. The predicted octanol–water partition coefficient (Wildman–Crippen LogP) is 1.96. The molecule has 2 heterocycles. The van der Waals surface area contributed by atoms with Gasteiger partial charge < -0.3 is 19.2 Å². The maximum absolute atomic E-state index is 12.4. The lowest BCUT2D eigenvalue weighted by Crippen LogP contribution is -2.29. The second-order valence-electron chi connectivity index (χ2n) is 5.11.